The molecule has 0 bridgehead atoms. The average Bonchev–Trinajstić information content (AvgIpc) is 3.73. The molecule has 1 unspecified atom stereocenters. The number of carbonyl (C=O) groups excluding carboxylic acids is 2. The molecule has 0 amide bonds. The number of nitrogens with one attached hydrogen (secondary N) is 1. The van der Waals surface area contributed by atoms with Gasteiger partial charge < -0.3 is 33.3 Å². The lowest BCUT2D eigenvalue weighted by molar-refractivity contribution is -0.140. The number of carbonyl (C=O) groups is 2. The van der Waals surface area contributed by atoms with Gasteiger partial charge in [-0.15, -0.1) is 0 Å². The fraction of sp³-hybridized carbons (Fsp3) is 0.379. The number of aromatic nitrogens is 2. The van der Waals surface area contributed by atoms with Crippen LogP contribution in [0.3, 0.4) is 0 Å². The Kier molecular flexibility index (Phi) is 8.67. The van der Waals surface area contributed by atoms with Gasteiger partial charge in [-0.05, 0) is 37.1 Å². The fourth-order valence-electron chi connectivity index (χ4n) is 4.68. The Labute approximate surface area is 239 Å². The number of anilines is 3. The van der Waals surface area contributed by atoms with Crippen molar-refractivity contribution in [2.24, 2.45) is 0 Å². The first-order chi connectivity index (χ1) is 20.2. The third-order valence-corrected chi connectivity index (χ3v) is 6.95. The minimum absolute atomic E-state index is 0.0552. The van der Waals surface area contributed by atoms with Gasteiger partial charge in [0.2, 0.25) is 0 Å². The van der Waals surface area contributed by atoms with Crippen LogP contribution in [0.1, 0.15) is 31.1 Å². The number of methoxy groups -OCH3 is 2. The highest BCUT2D eigenvalue weighted by Crippen LogP contribution is 2.31. The number of benzene rings is 2. The van der Waals surface area contributed by atoms with E-state index in [2.05, 4.69) is 20.0 Å². The molecule has 0 aliphatic carbocycles. The number of oxazole rings is 2. The van der Waals surface area contributed by atoms with E-state index in [9.17, 15) is 14.0 Å². The molecule has 5 rings (SSSR count). The van der Waals surface area contributed by atoms with Crippen LogP contribution < -0.4 is 15.0 Å². The van der Waals surface area contributed by atoms with E-state index in [-0.39, 0.29) is 59.1 Å². The van der Waals surface area contributed by atoms with Crippen molar-refractivity contribution < 1.29 is 41.4 Å². The second-order valence-corrected chi connectivity index (χ2v) is 9.84. The molecule has 11 nitrogen and oxygen atoms in total. The normalized spacial score (nSPS) is 15.6. The maximum absolute atomic E-state index is 15.3. The van der Waals surface area contributed by atoms with Crippen molar-refractivity contribution in [1.29, 1.82) is 0 Å². The second-order valence-electron chi connectivity index (χ2n) is 9.84. The minimum Gasteiger partial charge on any atom is -0.495 e. The lowest BCUT2D eigenvalue weighted by Crippen LogP contribution is -2.30. The predicted molar refractivity (Wildman–Crippen MR) is 147 cm³/mol. The summed E-state index contributed by atoms with van der Waals surface area (Å²) >= 11 is 0. The van der Waals surface area contributed by atoms with Gasteiger partial charge in [0.25, 0.3) is 12.0 Å². The summed E-state index contributed by atoms with van der Waals surface area (Å²) in [5.74, 6) is -0.905. The zero-order valence-electron chi connectivity index (χ0n) is 23.3. The number of ketones is 1. The summed E-state index contributed by atoms with van der Waals surface area (Å²) < 4.78 is 56.2. The van der Waals surface area contributed by atoms with Crippen LogP contribution in [0.2, 0.25) is 0 Å². The van der Waals surface area contributed by atoms with Gasteiger partial charge >= 0.3 is 5.97 Å². The molecule has 4 aromatic rings. The van der Waals surface area contributed by atoms with E-state index >= 15 is 4.39 Å². The molecule has 1 fully saturated rings. The lowest BCUT2D eigenvalue weighted by Gasteiger charge is -2.18. The smallest absolute Gasteiger partial charge is 0.305 e. The number of aryl methyl sites for hydroxylation is 1. The Balaban J connectivity index is 1.17. The molecule has 0 radical (unpaired) electrons. The van der Waals surface area contributed by atoms with Gasteiger partial charge in [0.15, 0.2) is 17.2 Å². The molecule has 2 aromatic carbocycles. The van der Waals surface area contributed by atoms with E-state index in [1.165, 1.54) is 38.5 Å². The van der Waals surface area contributed by atoms with Crippen LogP contribution in [-0.4, -0.2) is 61.2 Å². The number of halogens is 2. The topological polar surface area (TPSA) is 129 Å². The second kappa shape index (κ2) is 12.6. The first-order valence-corrected chi connectivity index (χ1v) is 13.4. The third kappa shape index (κ3) is 6.51. The Morgan fingerprint density at radius 2 is 2.02 bits per heavy atom. The molecule has 0 saturated carbocycles. The molecule has 1 saturated heterocycles. The van der Waals surface area contributed by atoms with Gasteiger partial charge in [0.1, 0.15) is 28.9 Å². The predicted octanol–water partition coefficient (Wildman–Crippen LogP) is 4.75. The summed E-state index contributed by atoms with van der Waals surface area (Å²) in [6, 6.07) is 7.29. The van der Waals surface area contributed by atoms with Crippen molar-refractivity contribution in [1.82, 2.24) is 9.97 Å². The number of esters is 1. The average molecular weight is 585 g/mol. The lowest BCUT2D eigenvalue weighted by atomic mass is 10.0. The summed E-state index contributed by atoms with van der Waals surface area (Å²) in [5, 5.41) is 2.80. The highest BCUT2D eigenvalue weighted by Gasteiger charge is 2.30. The van der Waals surface area contributed by atoms with Crippen molar-refractivity contribution in [3.8, 4) is 5.75 Å². The van der Waals surface area contributed by atoms with Gasteiger partial charge in [0.05, 0.1) is 38.6 Å². The molecule has 1 aliphatic rings. The first-order valence-electron chi connectivity index (χ1n) is 13.4. The van der Waals surface area contributed by atoms with Crippen molar-refractivity contribution in [2.75, 3.05) is 37.5 Å². The quantitative estimate of drug-likeness (QED) is 0.232. The molecule has 3 heterocycles. The van der Waals surface area contributed by atoms with Gasteiger partial charge in [-0.25, -0.2) is 13.8 Å². The van der Waals surface area contributed by atoms with E-state index in [4.69, 9.17) is 18.3 Å². The van der Waals surface area contributed by atoms with E-state index in [1.807, 2.05) is 4.90 Å². The molecule has 42 heavy (non-hydrogen) atoms. The summed E-state index contributed by atoms with van der Waals surface area (Å²) in [5.41, 5.74) is 0.506. The van der Waals surface area contributed by atoms with Crippen LogP contribution >= 0.6 is 0 Å². The maximum atomic E-state index is 15.3. The largest absolute Gasteiger partial charge is 0.495 e. The minimum atomic E-state index is -0.780. The Bertz CT molecular complexity index is 1590. The van der Waals surface area contributed by atoms with Crippen LogP contribution in [0.4, 0.5) is 26.5 Å². The number of ether oxygens (including phenoxy) is 3. The van der Waals surface area contributed by atoms with Crippen molar-refractivity contribution in [2.45, 2.75) is 44.8 Å². The van der Waals surface area contributed by atoms with Crippen LogP contribution in [-0.2, 0) is 31.9 Å². The van der Waals surface area contributed by atoms with E-state index in [1.54, 1.807) is 19.2 Å². The number of hydrogen-bond donors (Lipinski definition) is 1. The number of rotatable bonds is 12. The zero-order valence-corrected chi connectivity index (χ0v) is 23.3. The van der Waals surface area contributed by atoms with Crippen LogP contribution in [0.25, 0.3) is 11.1 Å². The molecule has 1 N–H and O–H groups in total. The van der Waals surface area contributed by atoms with Gasteiger partial charge in [-0.3, -0.25) is 9.59 Å². The number of Topliss-reactive ketones (excluding diaryl/α,β-unsaturated/α-hetero) is 1. The Morgan fingerprint density at radius 1 is 1.19 bits per heavy atom. The van der Waals surface area contributed by atoms with Crippen molar-refractivity contribution in [3.05, 3.63) is 59.5 Å². The Hall–Kier alpha value is -4.52. The van der Waals surface area contributed by atoms with Crippen LogP contribution in [0.5, 0.6) is 5.75 Å². The third-order valence-electron chi connectivity index (χ3n) is 6.95. The molecule has 2 aromatic heterocycles. The molecule has 0 spiro atoms. The number of hydrogen-bond acceptors (Lipinski definition) is 11. The summed E-state index contributed by atoms with van der Waals surface area (Å²) in [6.45, 7) is 2.73. The van der Waals surface area contributed by atoms with E-state index in [0.717, 1.165) is 0 Å². The van der Waals surface area contributed by atoms with Crippen LogP contribution in [0, 0.1) is 11.6 Å². The summed E-state index contributed by atoms with van der Waals surface area (Å²) in [4.78, 5) is 34.7. The zero-order chi connectivity index (χ0) is 29.8. The first kappa shape index (κ1) is 29.0. The molecule has 222 valence electrons. The highest BCUT2D eigenvalue weighted by atomic mass is 19.1. The van der Waals surface area contributed by atoms with Crippen LogP contribution in [0.15, 0.2) is 45.4 Å². The molecular formula is C29H30F2N4O7. The molecular weight excluding hydrogens is 554 g/mol. The fourth-order valence-corrected chi connectivity index (χ4v) is 4.68. The summed E-state index contributed by atoms with van der Waals surface area (Å²) in [6.07, 6.45) is 1.58. The Morgan fingerprint density at radius 3 is 2.81 bits per heavy atom. The maximum Gasteiger partial charge on any atom is 0.305 e. The molecule has 1 aliphatic heterocycles. The molecule has 2 atom stereocenters. The highest BCUT2D eigenvalue weighted by molar-refractivity contribution is 5.86. The van der Waals surface area contributed by atoms with Crippen molar-refractivity contribution >= 4 is 40.6 Å². The van der Waals surface area contributed by atoms with Gasteiger partial charge in [-0.2, -0.15) is 4.98 Å². The SMILES string of the molecule is COC(=O)CCc1cnc(N2CC[C@H](OC(C)C(=O)Cc3ccc4nc(Nc5cc(F)ccc5OC)oc4c3F)C2)o1. The van der Waals surface area contributed by atoms with E-state index in [0.29, 0.717) is 43.5 Å². The molecule has 13 heteroatoms. The number of nitrogens with zero attached hydrogens (tertiary/aromatic N) is 3. The van der Waals surface area contributed by atoms with Gasteiger partial charge in [0, 0.05) is 32.0 Å². The van der Waals surface area contributed by atoms with Crippen molar-refractivity contribution in [3.63, 3.8) is 0 Å². The van der Waals surface area contributed by atoms with Gasteiger partial charge in [-0.1, -0.05) is 6.07 Å². The monoisotopic (exact) mass is 584 g/mol. The van der Waals surface area contributed by atoms with E-state index < -0.39 is 17.7 Å². The number of fused-ring (bicyclic) bond motifs is 1. The summed E-state index contributed by atoms with van der Waals surface area (Å²) in [7, 11) is 2.77. The standard InChI is InChI=1S/C29H30F2N4O7/c1-16(40-20-10-11-35(15-20)29-32-14-19(41-29)6-9-25(37)39-3)23(36)12-17-4-7-21-27(26(17)31)42-28(33-21)34-22-13-18(30)5-8-24(22)38-2/h4-5,7-8,13-14,16,20H,6,9-12,15H2,1-3H3,(H,33,34)/t16?,20-/m0/s1.